The summed E-state index contributed by atoms with van der Waals surface area (Å²) in [4.78, 5) is 15.4. The first-order valence-corrected chi connectivity index (χ1v) is 4.74. The Bertz CT molecular complexity index is 285. The Morgan fingerprint density at radius 2 is 2.54 bits per heavy atom. The van der Waals surface area contributed by atoms with Crippen molar-refractivity contribution in [2.24, 2.45) is 0 Å². The Morgan fingerprint density at radius 1 is 1.77 bits per heavy atom. The number of carbonyl (C=O) groups is 1. The Balaban J connectivity index is 2.54. The lowest BCUT2D eigenvalue weighted by atomic mass is 10.2. The molecule has 0 saturated carbocycles. The van der Waals surface area contributed by atoms with Gasteiger partial charge >= 0.3 is 5.97 Å². The fourth-order valence-electron chi connectivity index (χ4n) is 0.972. The van der Waals surface area contributed by atoms with Gasteiger partial charge in [-0.2, -0.15) is 0 Å². The highest BCUT2D eigenvalue weighted by Crippen LogP contribution is 2.16. The molecule has 4 nitrogen and oxygen atoms in total. The second-order valence-corrected chi connectivity index (χ2v) is 3.49. The largest absolute Gasteiger partial charge is 0.481 e. The first kappa shape index (κ1) is 10.1. The van der Waals surface area contributed by atoms with Gasteiger partial charge in [-0.05, 0) is 6.42 Å². The van der Waals surface area contributed by atoms with Crippen LogP contribution in [-0.4, -0.2) is 23.2 Å². The lowest BCUT2D eigenvalue weighted by Crippen LogP contribution is -1.99. The number of aliphatic carboxylic acids is 1. The number of ether oxygens (including phenoxy) is 1. The molecule has 1 aromatic heterocycles. The van der Waals surface area contributed by atoms with Gasteiger partial charge in [-0.15, -0.1) is 11.3 Å². The van der Waals surface area contributed by atoms with Gasteiger partial charge < -0.3 is 9.84 Å². The molecule has 1 rings (SSSR count). The average molecular weight is 201 g/mol. The molecule has 1 N–H and O–H groups in total. The van der Waals surface area contributed by atoms with E-state index in [9.17, 15) is 4.79 Å². The van der Waals surface area contributed by atoms with Crippen LogP contribution < -0.4 is 0 Å². The topological polar surface area (TPSA) is 59.4 Å². The molecule has 0 aliphatic heterocycles. The summed E-state index contributed by atoms with van der Waals surface area (Å²) in [6.07, 6.45) is 0.692. The number of aryl methyl sites for hydroxylation is 1. The van der Waals surface area contributed by atoms with E-state index in [4.69, 9.17) is 9.84 Å². The number of carboxylic acids is 1. The van der Waals surface area contributed by atoms with Crippen molar-refractivity contribution in [2.75, 3.05) is 7.11 Å². The molecule has 0 radical (unpaired) electrons. The number of hydrogen-bond donors (Lipinski definition) is 1. The summed E-state index contributed by atoms with van der Waals surface area (Å²) in [7, 11) is 1.60. The van der Waals surface area contributed by atoms with Crippen LogP contribution in [0.2, 0.25) is 0 Å². The van der Waals surface area contributed by atoms with Crippen LogP contribution in [0, 0.1) is 0 Å². The number of methoxy groups -OCH3 is 1. The predicted octanol–water partition coefficient (Wildman–Crippen LogP) is 1.31. The van der Waals surface area contributed by atoms with Crippen LogP contribution in [0.5, 0.6) is 0 Å². The van der Waals surface area contributed by atoms with Crippen LogP contribution >= 0.6 is 11.3 Å². The number of thiazole rings is 1. The normalized spacial score (nSPS) is 10.2. The average Bonchev–Trinajstić information content (AvgIpc) is 2.49. The van der Waals surface area contributed by atoms with E-state index >= 15 is 0 Å². The van der Waals surface area contributed by atoms with Gasteiger partial charge in [0.15, 0.2) is 0 Å². The van der Waals surface area contributed by atoms with Gasteiger partial charge in [-0.1, -0.05) is 0 Å². The molecule has 0 bridgehead atoms. The number of carboxylic acid groups (broad SMARTS) is 1. The second-order valence-electron chi connectivity index (χ2n) is 2.55. The van der Waals surface area contributed by atoms with Gasteiger partial charge in [0, 0.05) is 12.0 Å². The highest BCUT2D eigenvalue weighted by Gasteiger charge is 2.07. The van der Waals surface area contributed by atoms with Gasteiger partial charge in [0.25, 0.3) is 0 Å². The maximum Gasteiger partial charge on any atom is 0.303 e. The van der Waals surface area contributed by atoms with E-state index in [2.05, 4.69) is 4.98 Å². The number of rotatable bonds is 5. The van der Waals surface area contributed by atoms with E-state index < -0.39 is 5.97 Å². The van der Waals surface area contributed by atoms with E-state index in [0.29, 0.717) is 13.0 Å². The van der Waals surface area contributed by atoms with Crippen molar-refractivity contribution in [1.29, 1.82) is 0 Å². The summed E-state index contributed by atoms with van der Waals surface area (Å²) in [6, 6.07) is 0. The van der Waals surface area contributed by atoms with Crippen molar-refractivity contribution in [1.82, 2.24) is 4.98 Å². The molecule has 0 amide bonds. The zero-order chi connectivity index (χ0) is 9.68. The van der Waals surface area contributed by atoms with Crippen LogP contribution in [0.3, 0.4) is 0 Å². The third-order valence-corrected chi connectivity index (χ3v) is 2.51. The van der Waals surface area contributed by atoms with Crippen molar-refractivity contribution >= 4 is 17.3 Å². The molecule has 1 heterocycles. The Labute approximate surface area is 80.2 Å². The highest BCUT2D eigenvalue weighted by atomic mass is 32.1. The van der Waals surface area contributed by atoms with Crippen LogP contribution in [0.15, 0.2) is 5.51 Å². The molecule has 0 aliphatic rings. The molecule has 0 unspecified atom stereocenters. The monoisotopic (exact) mass is 201 g/mol. The summed E-state index contributed by atoms with van der Waals surface area (Å²) >= 11 is 1.48. The van der Waals surface area contributed by atoms with Gasteiger partial charge in [0.2, 0.25) is 0 Å². The predicted molar refractivity (Wildman–Crippen MR) is 48.8 cm³/mol. The Kier molecular flexibility index (Phi) is 3.85. The molecular weight excluding hydrogens is 190 g/mol. The van der Waals surface area contributed by atoms with Gasteiger partial charge in [0.1, 0.15) is 0 Å². The minimum atomic E-state index is -0.781. The molecule has 0 saturated heterocycles. The number of aromatic nitrogens is 1. The van der Waals surface area contributed by atoms with Crippen molar-refractivity contribution in [3.63, 3.8) is 0 Å². The molecule has 0 spiro atoms. The maximum atomic E-state index is 10.3. The van der Waals surface area contributed by atoms with Crippen molar-refractivity contribution < 1.29 is 14.6 Å². The molecule has 0 aliphatic carbocycles. The number of nitrogens with zero attached hydrogens (tertiary/aromatic N) is 1. The molecule has 5 heteroatoms. The molecular formula is C8H11NO3S. The highest BCUT2D eigenvalue weighted by molar-refractivity contribution is 7.09. The molecule has 1 aromatic rings. The zero-order valence-corrected chi connectivity index (χ0v) is 8.13. The van der Waals surface area contributed by atoms with Crippen LogP contribution in [0.25, 0.3) is 0 Å². The maximum absolute atomic E-state index is 10.3. The summed E-state index contributed by atoms with van der Waals surface area (Å²) in [6.45, 7) is 0.457. The summed E-state index contributed by atoms with van der Waals surface area (Å²) < 4.78 is 4.93. The summed E-state index contributed by atoms with van der Waals surface area (Å²) in [5.74, 6) is -0.781. The smallest absolute Gasteiger partial charge is 0.303 e. The van der Waals surface area contributed by atoms with Crippen molar-refractivity contribution in [3.05, 3.63) is 16.1 Å². The van der Waals surface area contributed by atoms with Gasteiger partial charge in [0.05, 0.1) is 24.2 Å². The quantitative estimate of drug-likeness (QED) is 0.780. The van der Waals surface area contributed by atoms with E-state index in [1.807, 2.05) is 0 Å². The standard InChI is InChI=1S/C8H11NO3S/c1-12-4-6-7(13-5-9-6)2-3-8(10)11/h5H,2-4H2,1H3,(H,10,11). The van der Waals surface area contributed by atoms with Crippen molar-refractivity contribution in [2.45, 2.75) is 19.4 Å². The third kappa shape index (κ3) is 3.12. The van der Waals surface area contributed by atoms with E-state index in [-0.39, 0.29) is 6.42 Å². The molecule has 72 valence electrons. The van der Waals surface area contributed by atoms with E-state index in [1.54, 1.807) is 12.6 Å². The van der Waals surface area contributed by atoms with Crippen LogP contribution in [-0.2, 0) is 22.6 Å². The zero-order valence-electron chi connectivity index (χ0n) is 7.32. The van der Waals surface area contributed by atoms with Crippen LogP contribution in [0.4, 0.5) is 0 Å². The Hall–Kier alpha value is -0.940. The number of hydrogen-bond acceptors (Lipinski definition) is 4. The van der Waals surface area contributed by atoms with Crippen molar-refractivity contribution in [3.8, 4) is 0 Å². The second kappa shape index (κ2) is 4.94. The lowest BCUT2D eigenvalue weighted by Gasteiger charge is -1.98. The van der Waals surface area contributed by atoms with E-state index in [1.165, 1.54) is 11.3 Å². The lowest BCUT2D eigenvalue weighted by molar-refractivity contribution is -0.136. The van der Waals surface area contributed by atoms with Gasteiger partial charge in [-0.3, -0.25) is 4.79 Å². The van der Waals surface area contributed by atoms with Gasteiger partial charge in [-0.25, -0.2) is 4.98 Å². The third-order valence-electron chi connectivity index (χ3n) is 1.57. The van der Waals surface area contributed by atoms with E-state index in [0.717, 1.165) is 10.6 Å². The molecule has 0 aromatic carbocycles. The molecule has 0 fully saturated rings. The fraction of sp³-hybridized carbons (Fsp3) is 0.500. The summed E-state index contributed by atoms with van der Waals surface area (Å²) in [5.41, 5.74) is 2.57. The fourth-order valence-corrected chi connectivity index (χ4v) is 1.75. The summed E-state index contributed by atoms with van der Waals surface area (Å²) in [5, 5.41) is 8.49. The first-order valence-electron chi connectivity index (χ1n) is 3.86. The molecule has 0 atom stereocenters. The SMILES string of the molecule is COCc1ncsc1CCC(=O)O. The minimum Gasteiger partial charge on any atom is -0.481 e. The molecule has 13 heavy (non-hydrogen) atoms. The Morgan fingerprint density at radius 3 is 3.15 bits per heavy atom. The van der Waals surface area contributed by atoms with Crippen LogP contribution in [0.1, 0.15) is 17.0 Å². The first-order chi connectivity index (χ1) is 6.24. The minimum absolute atomic E-state index is 0.152.